The molecule has 3 amide bonds. The van der Waals surface area contributed by atoms with Gasteiger partial charge in [-0.15, -0.1) is 0 Å². The minimum Gasteiger partial charge on any atom is -0.480 e. The Labute approximate surface area is 176 Å². The summed E-state index contributed by atoms with van der Waals surface area (Å²) in [5.41, 5.74) is 5.75. The number of aliphatic hydroxyl groups excluding tert-OH is 1. The van der Waals surface area contributed by atoms with E-state index in [1.807, 2.05) is 13.8 Å². The third-order valence-electron chi connectivity index (χ3n) is 5.79. The summed E-state index contributed by atoms with van der Waals surface area (Å²) in [6, 6.07) is -3.62. The molecule has 0 aromatic carbocycles. The van der Waals surface area contributed by atoms with Crippen molar-refractivity contribution in [3.8, 4) is 0 Å². The molecule has 2 aliphatic rings. The van der Waals surface area contributed by atoms with Crippen molar-refractivity contribution in [2.24, 2.45) is 11.7 Å². The molecular formula is C20H34N4O6. The first-order valence-corrected chi connectivity index (χ1v) is 10.6. The smallest absolute Gasteiger partial charge is 0.326 e. The molecule has 2 aliphatic heterocycles. The highest BCUT2D eigenvalue weighted by Gasteiger charge is 2.41. The predicted molar refractivity (Wildman–Crippen MR) is 108 cm³/mol. The molecule has 0 radical (unpaired) electrons. The fourth-order valence-corrected chi connectivity index (χ4v) is 4.15. The van der Waals surface area contributed by atoms with Gasteiger partial charge in [0.25, 0.3) is 0 Å². The quantitative estimate of drug-likeness (QED) is 0.400. The fourth-order valence-electron chi connectivity index (χ4n) is 4.15. The van der Waals surface area contributed by atoms with Gasteiger partial charge in [0.05, 0.1) is 6.10 Å². The number of hydrogen-bond acceptors (Lipinski definition) is 6. The number of carbonyl (C=O) groups excluding carboxylic acids is 3. The average molecular weight is 427 g/mol. The van der Waals surface area contributed by atoms with Gasteiger partial charge in [0.2, 0.25) is 17.7 Å². The van der Waals surface area contributed by atoms with Crippen molar-refractivity contribution in [3.05, 3.63) is 0 Å². The van der Waals surface area contributed by atoms with E-state index in [2.05, 4.69) is 5.32 Å². The second-order valence-corrected chi connectivity index (χ2v) is 8.67. The molecule has 0 aromatic heterocycles. The van der Waals surface area contributed by atoms with E-state index < -0.39 is 54.0 Å². The van der Waals surface area contributed by atoms with Crippen LogP contribution in [-0.4, -0.2) is 87.1 Å². The second-order valence-electron chi connectivity index (χ2n) is 8.67. The Morgan fingerprint density at radius 1 is 1.00 bits per heavy atom. The summed E-state index contributed by atoms with van der Waals surface area (Å²) in [5.74, 6) is -2.31. The van der Waals surface area contributed by atoms with Gasteiger partial charge in [-0.2, -0.15) is 0 Å². The Balaban J connectivity index is 2.13. The van der Waals surface area contributed by atoms with Crippen LogP contribution < -0.4 is 11.1 Å². The number of carbonyl (C=O) groups is 4. The first-order valence-electron chi connectivity index (χ1n) is 10.6. The third-order valence-corrected chi connectivity index (χ3v) is 5.79. The molecule has 2 saturated heterocycles. The van der Waals surface area contributed by atoms with Crippen LogP contribution in [-0.2, 0) is 19.2 Å². The molecule has 5 N–H and O–H groups in total. The lowest BCUT2D eigenvalue weighted by atomic mass is 10.0. The van der Waals surface area contributed by atoms with E-state index in [1.54, 1.807) is 0 Å². The molecule has 0 aliphatic carbocycles. The third kappa shape index (κ3) is 5.48. The van der Waals surface area contributed by atoms with E-state index in [-0.39, 0.29) is 5.92 Å². The van der Waals surface area contributed by atoms with Gasteiger partial charge in [-0.05, 0) is 44.9 Å². The number of carboxylic acids is 1. The summed E-state index contributed by atoms with van der Waals surface area (Å²) < 4.78 is 0. The molecule has 2 rings (SSSR count). The predicted octanol–water partition coefficient (Wildman–Crippen LogP) is -0.708. The van der Waals surface area contributed by atoms with Crippen molar-refractivity contribution in [1.82, 2.24) is 15.1 Å². The molecular weight excluding hydrogens is 392 g/mol. The second kappa shape index (κ2) is 10.2. The van der Waals surface area contributed by atoms with Crippen LogP contribution in [0, 0.1) is 5.92 Å². The van der Waals surface area contributed by atoms with Crippen molar-refractivity contribution in [1.29, 1.82) is 0 Å². The van der Waals surface area contributed by atoms with Crippen LogP contribution in [0.15, 0.2) is 0 Å². The summed E-state index contributed by atoms with van der Waals surface area (Å²) >= 11 is 0. The van der Waals surface area contributed by atoms with Gasteiger partial charge in [-0.3, -0.25) is 14.4 Å². The SMILES string of the molecule is CC(C)CC(NC(=O)C1CCCN1C(=O)C(N)C(C)O)C(=O)N1CCCC1C(=O)O. The fraction of sp³-hybridized carbons (Fsp3) is 0.800. The van der Waals surface area contributed by atoms with Crippen LogP contribution in [0.3, 0.4) is 0 Å². The van der Waals surface area contributed by atoms with Crippen molar-refractivity contribution < 1.29 is 29.4 Å². The van der Waals surface area contributed by atoms with Gasteiger partial charge in [-0.1, -0.05) is 13.8 Å². The molecule has 0 spiro atoms. The molecule has 0 aromatic rings. The van der Waals surface area contributed by atoms with E-state index >= 15 is 0 Å². The van der Waals surface area contributed by atoms with Crippen LogP contribution in [0.4, 0.5) is 0 Å². The maximum absolute atomic E-state index is 13.1. The zero-order valence-corrected chi connectivity index (χ0v) is 17.9. The Kier molecular flexibility index (Phi) is 8.19. The molecule has 0 bridgehead atoms. The summed E-state index contributed by atoms with van der Waals surface area (Å²) in [5, 5.41) is 21.8. The van der Waals surface area contributed by atoms with E-state index in [1.165, 1.54) is 16.7 Å². The lowest BCUT2D eigenvalue weighted by Gasteiger charge is -2.31. The molecule has 5 atom stereocenters. The van der Waals surface area contributed by atoms with E-state index in [0.29, 0.717) is 45.2 Å². The number of aliphatic hydroxyl groups is 1. The molecule has 2 fully saturated rings. The lowest BCUT2D eigenvalue weighted by molar-refractivity contribution is -0.150. The first kappa shape index (κ1) is 24.1. The molecule has 170 valence electrons. The monoisotopic (exact) mass is 426 g/mol. The molecule has 30 heavy (non-hydrogen) atoms. The van der Waals surface area contributed by atoms with Crippen LogP contribution in [0.25, 0.3) is 0 Å². The van der Waals surface area contributed by atoms with Crippen molar-refractivity contribution in [2.75, 3.05) is 13.1 Å². The summed E-state index contributed by atoms with van der Waals surface area (Å²) in [4.78, 5) is 52.8. The maximum Gasteiger partial charge on any atom is 0.326 e. The van der Waals surface area contributed by atoms with Crippen LogP contribution in [0.1, 0.15) is 52.9 Å². The van der Waals surface area contributed by atoms with E-state index in [4.69, 9.17) is 5.73 Å². The normalized spacial score (nSPS) is 24.6. The van der Waals surface area contributed by atoms with E-state index in [9.17, 15) is 29.4 Å². The highest BCUT2D eigenvalue weighted by molar-refractivity contribution is 5.94. The summed E-state index contributed by atoms with van der Waals surface area (Å²) in [6.07, 6.45) is 1.38. The van der Waals surface area contributed by atoms with Gasteiger partial charge in [0, 0.05) is 13.1 Å². The van der Waals surface area contributed by atoms with Crippen molar-refractivity contribution in [2.45, 2.75) is 83.1 Å². The Hall–Kier alpha value is -2.20. The zero-order chi connectivity index (χ0) is 22.6. The zero-order valence-electron chi connectivity index (χ0n) is 17.9. The molecule has 5 unspecified atom stereocenters. The van der Waals surface area contributed by atoms with E-state index in [0.717, 1.165) is 0 Å². The number of carboxylic acid groups (broad SMARTS) is 1. The number of nitrogens with zero attached hydrogens (tertiary/aromatic N) is 2. The average Bonchev–Trinajstić information content (AvgIpc) is 3.34. The number of nitrogens with two attached hydrogens (primary N) is 1. The molecule has 2 heterocycles. The Morgan fingerprint density at radius 2 is 1.53 bits per heavy atom. The highest BCUT2D eigenvalue weighted by atomic mass is 16.4. The summed E-state index contributed by atoms with van der Waals surface area (Å²) in [6.45, 7) is 5.95. The van der Waals surface area contributed by atoms with Crippen LogP contribution in [0.2, 0.25) is 0 Å². The van der Waals surface area contributed by atoms with Crippen molar-refractivity contribution in [3.63, 3.8) is 0 Å². The highest BCUT2D eigenvalue weighted by Crippen LogP contribution is 2.22. The van der Waals surface area contributed by atoms with Crippen molar-refractivity contribution >= 4 is 23.7 Å². The molecule has 0 saturated carbocycles. The maximum atomic E-state index is 13.1. The topological polar surface area (TPSA) is 153 Å². The molecule has 10 heteroatoms. The Morgan fingerprint density at radius 3 is 2.03 bits per heavy atom. The Bertz CT molecular complexity index is 668. The van der Waals surface area contributed by atoms with Crippen LogP contribution >= 0.6 is 0 Å². The number of aliphatic carboxylic acids is 1. The summed E-state index contributed by atoms with van der Waals surface area (Å²) in [7, 11) is 0. The lowest BCUT2D eigenvalue weighted by Crippen LogP contribution is -2.57. The number of amides is 3. The number of hydrogen-bond donors (Lipinski definition) is 4. The van der Waals surface area contributed by atoms with Gasteiger partial charge in [0.15, 0.2) is 0 Å². The van der Waals surface area contributed by atoms with Gasteiger partial charge in [-0.25, -0.2) is 4.79 Å². The number of nitrogens with one attached hydrogen (secondary N) is 1. The van der Waals surface area contributed by atoms with Gasteiger partial charge >= 0.3 is 5.97 Å². The standard InChI is InChI=1S/C20H34N4O6/c1-11(2)10-13(18(27)24-9-5-7-15(24)20(29)30)22-17(26)14-6-4-8-23(14)19(28)16(21)12(3)25/h11-16,25H,4-10,21H2,1-3H3,(H,22,26)(H,29,30). The number of rotatable bonds is 8. The van der Waals surface area contributed by atoms with Gasteiger partial charge in [0.1, 0.15) is 24.2 Å². The minimum atomic E-state index is -1.12. The van der Waals surface area contributed by atoms with Gasteiger partial charge < -0.3 is 31.1 Å². The largest absolute Gasteiger partial charge is 0.480 e. The first-order chi connectivity index (χ1) is 14.0. The minimum absolute atomic E-state index is 0.0927. The van der Waals surface area contributed by atoms with Crippen LogP contribution in [0.5, 0.6) is 0 Å². The molecule has 10 nitrogen and oxygen atoms in total. The number of likely N-dealkylation sites (tertiary alicyclic amines) is 2.